The number of aromatic hydroxyl groups is 1. The van der Waals surface area contributed by atoms with Gasteiger partial charge < -0.3 is 19.6 Å². The second-order valence-electron chi connectivity index (χ2n) is 7.67. The summed E-state index contributed by atoms with van der Waals surface area (Å²) in [4.78, 5) is 17.1. The lowest BCUT2D eigenvalue weighted by Gasteiger charge is -2.29. The van der Waals surface area contributed by atoms with Crippen LogP contribution < -0.4 is 9.80 Å². The van der Waals surface area contributed by atoms with E-state index in [0.717, 1.165) is 60.3 Å². The molecule has 1 fully saturated rings. The van der Waals surface area contributed by atoms with Crippen molar-refractivity contribution >= 4 is 28.2 Å². The van der Waals surface area contributed by atoms with E-state index in [4.69, 9.17) is 4.74 Å². The van der Waals surface area contributed by atoms with Crippen molar-refractivity contribution in [3.05, 3.63) is 47.7 Å². The minimum Gasteiger partial charge on any atom is -0.507 e. The van der Waals surface area contributed by atoms with E-state index in [0.29, 0.717) is 13.2 Å². The zero-order valence-electron chi connectivity index (χ0n) is 17.5. The predicted molar refractivity (Wildman–Crippen MR) is 119 cm³/mol. The second-order valence-corrected chi connectivity index (χ2v) is 7.67. The Morgan fingerprint density at radius 2 is 2.07 bits per heavy atom. The minimum atomic E-state index is -0.254. The van der Waals surface area contributed by atoms with Crippen LogP contribution in [0.25, 0.3) is 10.9 Å². The first-order valence-corrected chi connectivity index (χ1v) is 10.5. The van der Waals surface area contributed by atoms with Gasteiger partial charge in [0, 0.05) is 43.0 Å². The van der Waals surface area contributed by atoms with Gasteiger partial charge in [0.2, 0.25) is 0 Å². The number of morpholine rings is 1. The van der Waals surface area contributed by atoms with Crippen LogP contribution in [0.5, 0.6) is 5.75 Å². The maximum absolute atomic E-state index is 13.2. The fourth-order valence-corrected chi connectivity index (χ4v) is 3.83. The fraction of sp³-hybridized carbons (Fsp3) is 0.391. The lowest BCUT2D eigenvalue weighted by Crippen LogP contribution is -2.36. The zero-order valence-corrected chi connectivity index (χ0v) is 17.5. The Balaban J connectivity index is 1.62. The number of aromatic amines is 1. The number of hydrogen-bond acceptors (Lipinski definition) is 5. The number of aryl methyl sites for hydroxylation is 1. The third kappa shape index (κ3) is 3.98. The van der Waals surface area contributed by atoms with Crippen LogP contribution in [0.3, 0.4) is 0 Å². The highest BCUT2D eigenvalue weighted by Crippen LogP contribution is 2.30. The van der Waals surface area contributed by atoms with Crippen LogP contribution in [0.1, 0.15) is 35.8 Å². The molecule has 1 aliphatic rings. The number of benzene rings is 2. The van der Waals surface area contributed by atoms with Gasteiger partial charge in [0.05, 0.1) is 30.0 Å². The Hall–Kier alpha value is -3.06. The van der Waals surface area contributed by atoms with Gasteiger partial charge in [-0.25, -0.2) is 0 Å². The maximum Gasteiger partial charge on any atom is 0.261 e. The van der Waals surface area contributed by atoms with Gasteiger partial charge >= 0.3 is 0 Å². The van der Waals surface area contributed by atoms with E-state index in [1.165, 1.54) is 0 Å². The monoisotopic (exact) mass is 408 g/mol. The number of ether oxygens (including phenoxy) is 1. The smallest absolute Gasteiger partial charge is 0.261 e. The number of fused-ring (bicyclic) bond motifs is 1. The molecule has 1 aliphatic heterocycles. The van der Waals surface area contributed by atoms with E-state index in [-0.39, 0.29) is 17.2 Å². The number of H-pyrrole nitrogens is 1. The number of aromatic nitrogens is 2. The third-order valence-electron chi connectivity index (χ3n) is 5.65. The first-order chi connectivity index (χ1) is 14.6. The summed E-state index contributed by atoms with van der Waals surface area (Å²) < 4.78 is 5.43. The number of unbranched alkanes of at least 4 members (excludes halogenated alkanes) is 1. The number of phenols is 1. The van der Waals surface area contributed by atoms with Crippen LogP contribution in [-0.4, -0.2) is 54.6 Å². The Morgan fingerprint density at radius 3 is 2.83 bits per heavy atom. The molecule has 0 unspecified atom stereocenters. The van der Waals surface area contributed by atoms with Crippen molar-refractivity contribution in [3.8, 4) is 5.75 Å². The molecule has 0 saturated carbocycles. The number of phenolic OH excluding ortho intramolecular Hbond substituents is 1. The molecule has 4 rings (SSSR count). The van der Waals surface area contributed by atoms with E-state index in [9.17, 15) is 9.90 Å². The molecule has 7 heteroatoms. The Morgan fingerprint density at radius 1 is 1.27 bits per heavy atom. The number of rotatable bonds is 6. The van der Waals surface area contributed by atoms with Gasteiger partial charge in [-0.15, -0.1) is 0 Å². The quantitative estimate of drug-likeness (QED) is 0.650. The van der Waals surface area contributed by atoms with Crippen molar-refractivity contribution in [1.29, 1.82) is 0 Å². The first-order valence-electron chi connectivity index (χ1n) is 10.5. The Bertz CT molecular complexity index is 1040. The average molecular weight is 409 g/mol. The molecule has 30 heavy (non-hydrogen) atoms. The van der Waals surface area contributed by atoms with Crippen molar-refractivity contribution in [2.75, 3.05) is 43.2 Å². The highest BCUT2D eigenvalue weighted by Gasteiger charge is 2.21. The maximum atomic E-state index is 13.2. The van der Waals surface area contributed by atoms with E-state index in [1.54, 1.807) is 24.1 Å². The summed E-state index contributed by atoms with van der Waals surface area (Å²) >= 11 is 0. The largest absolute Gasteiger partial charge is 0.507 e. The van der Waals surface area contributed by atoms with Crippen molar-refractivity contribution in [2.24, 2.45) is 0 Å². The van der Waals surface area contributed by atoms with Crippen LogP contribution in [-0.2, 0) is 11.2 Å². The topological polar surface area (TPSA) is 81.7 Å². The normalized spacial score (nSPS) is 14.3. The van der Waals surface area contributed by atoms with Gasteiger partial charge in [-0.3, -0.25) is 9.89 Å². The number of nitrogens with zero attached hydrogens (tertiary/aromatic N) is 3. The summed E-state index contributed by atoms with van der Waals surface area (Å²) in [7, 11) is 1.73. The number of anilines is 2. The minimum absolute atomic E-state index is 0.0469. The van der Waals surface area contributed by atoms with Gasteiger partial charge in [0.1, 0.15) is 5.75 Å². The highest BCUT2D eigenvalue weighted by atomic mass is 16.5. The summed E-state index contributed by atoms with van der Waals surface area (Å²) in [5.41, 5.74) is 3.79. The van der Waals surface area contributed by atoms with E-state index >= 15 is 0 Å². The molecule has 1 saturated heterocycles. The van der Waals surface area contributed by atoms with Crippen LogP contribution >= 0.6 is 0 Å². The predicted octanol–water partition coefficient (Wildman–Crippen LogP) is 3.72. The van der Waals surface area contributed by atoms with Gasteiger partial charge in [-0.1, -0.05) is 19.4 Å². The Labute approximate surface area is 176 Å². The zero-order chi connectivity index (χ0) is 21.1. The molecule has 2 aromatic carbocycles. The molecule has 0 atom stereocenters. The first kappa shape index (κ1) is 20.2. The van der Waals surface area contributed by atoms with Crippen LogP contribution in [0, 0.1) is 0 Å². The molecule has 0 spiro atoms. The Kier molecular flexibility index (Phi) is 5.90. The molecule has 0 radical (unpaired) electrons. The standard InChI is InChI=1S/C23H28N4O3/c1-3-4-8-20-18-14-19(22(28)15-21(18)25-24-20)23(29)26(2)16-6-5-7-17(13-16)27-9-11-30-12-10-27/h5-7,13-15,28H,3-4,8-12H2,1-2H3,(H,24,25). The molecule has 0 bridgehead atoms. The van der Waals surface area contributed by atoms with E-state index in [2.05, 4.69) is 22.0 Å². The van der Waals surface area contributed by atoms with E-state index in [1.807, 2.05) is 24.3 Å². The van der Waals surface area contributed by atoms with Gasteiger partial charge in [-0.05, 0) is 37.1 Å². The number of carbonyl (C=O) groups is 1. The summed E-state index contributed by atoms with van der Waals surface area (Å²) in [5.74, 6) is -0.300. The van der Waals surface area contributed by atoms with Crippen LogP contribution in [0.4, 0.5) is 11.4 Å². The molecule has 2 N–H and O–H groups in total. The molecule has 1 amide bonds. The summed E-state index contributed by atoms with van der Waals surface area (Å²) in [6.45, 7) is 5.21. The molecule has 2 heterocycles. The molecule has 3 aromatic rings. The van der Waals surface area contributed by atoms with Crippen molar-refractivity contribution < 1.29 is 14.6 Å². The summed E-state index contributed by atoms with van der Waals surface area (Å²) in [6, 6.07) is 11.2. The van der Waals surface area contributed by atoms with Crippen LogP contribution in [0.2, 0.25) is 0 Å². The average Bonchev–Trinajstić information content (AvgIpc) is 3.18. The highest BCUT2D eigenvalue weighted by molar-refractivity contribution is 6.09. The number of carbonyl (C=O) groups excluding carboxylic acids is 1. The number of nitrogens with one attached hydrogen (secondary N) is 1. The van der Waals surface area contributed by atoms with Crippen molar-refractivity contribution in [2.45, 2.75) is 26.2 Å². The van der Waals surface area contributed by atoms with Crippen molar-refractivity contribution in [3.63, 3.8) is 0 Å². The molecule has 1 aromatic heterocycles. The lowest BCUT2D eigenvalue weighted by molar-refractivity contribution is 0.0990. The summed E-state index contributed by atoms with van der Waals surface area (Å²) in [6.07, 6.45) is 2.94. The van der Waals surface area contributed by atoms with Gasteiger partial charge in [0.25, 0.3) is 5.91 Å². The van der Waals surface area contributed by atoms with E-state index < -0.39 is 0 Å². The number of hydrogen-bond donors (Lipinski definition) is 2. The van der Waals surface area contributed by atoms with Crippen LogP contribution in [0.15, 0.2) is 36.4 Å². The third-order valence-corrected chi connectivity index (χ3v) is 5.65. The van der Waals surface area contributed by atoms with Crippen molar-refractivity contribution in [1.82, 2.24) is 10.2 Å². The molecular weight excluding hydrogens is 380 g/mol. The number of amides is 1. The molecular formula is C23H28N4O3. The fourth-order valence-electron chi connectivity index (χ4n) is 3.83. The lowest BCUT2D eigenvalue weighted by atomic mass is 10.1. The van der Waals surface area contributed by atoms with Gasteiger partial charge in [-0.2, -0.15) is 5.10 Å². The molecule has 7 nitrogen and oxygen atoms in total. The molecule has 0 aliphatic carbocycles. The SMILES string of the molecule is CCCCc1n[nH]c2cc(O)c(C(=O)N(C)c3cccc(N4CCOCC4)c3)cc12. The summed E-state index contributed by atoms with van der Waals surface area (Å²) in [5, 5.41) is 18.7. The molecule has 158 valence electrons. The second kappa shape index (κ2) is 8.75. The van der Waals surface area contributed by atoms with Gasteiger partial charge in [0.15, 0.2) is 0 Å².